The Kier molecular flexibility index (Phi) is 3.80. The second-order valence-corrected chi connectivity index (χ2v) is 7.07. The van der Waals surface area contributed by atoms with Gasteiger partial charge < -0.3 is 9.73 Å². The molecule has 0 aliphatic heterocycles. The van der Waals surface area contributed by atoms with Gasteiger partial charge in [0.15, 0.2) is 0 Å². The maximum absolute atomic E-state index is 6.08. The van der Waals surface area contributed by atoms with Crippen molar-refractivity contribution in [3.05, 3.63) is 33.5 Å². The summed E-state index contributed by atoms with van der Waals surface area (Å²) in [6, 6.07) is 4.48. The molecule has 0 radical (unpaired) electrons. The van der Waals surface area contributed by atoms with Gasteiger partial charge in [0.2, 0.25) is 0 Å². The van der Waals surface area contributed by atoms with Gasteiger partial charge in [-0.2, -0.15) is 0 Å². The number of hydrogen-bond donors (Lipinski definition) is 1. The Morgan fingerprint density at radius 2 is 1.84 bits per heavy atom. The molecule has 3 heteroatoms. The fourth-order valence-electron chi connectivity index (χ4n) is 2.64. The van der Waals surface area contributed by atoms with Crippen LogP contribution < -0.4 is 5.32 Å². The van der Waals surface area contributed by atoms with E-state index in [-0.39, 0.29) is 11.5 Å². The van der Waals surface area contributed by atoms with Crippen LogP contribution in [0.4, 0.5) is 0 Å². The molecule has 1 unspecified atom stereocenters. The molecule has 1 heterocycles. The number of rotatable bonds is 2. The first-order chi connectivity index (χ1) is 8.75. The number of fused-ring (bicyclic) bond motifs is 1. The van der Waals surface area contributed by atoms with Crippen molar-refractivity contribution >= 4 is 26.9 Å². The Hall–Kier alpha value is -0.800. The molecule has 1 aromatic carbocycles. The van der Waals surface area contributed by atoms with E-state index in [2.05, 4.69) is 68.0 Å². The maximum Gasteiger partial charge on any atom is 0.134 e. The van der Waals surface area contributed by atoms with Crippen molar-refractivity contribution in [3.63, 3.8) is 0 Å². The SMILES string of the molecule is CNC(c1cc2c(C)c(Br)c(C)cc2o1)C(C)(C)C. The lowest BCUT2D eigenvalue weighted by Gasteiger charge is -2.28. The van der Waals surface area contributed by atoms with Crippen LogP contribution in [-0.4, -0.2) is 7.05 Å². The second kappa shape index (κ2) is 4.95. The molecule has 0 amide bonds. The Morgan fingerprint density at radius 3 is 2.37 bits per heavy atom. The molecule has 0 fully saturated rings. The zero-order valence-corrected chi connectivity index (χ0v) is 14.1. The lowest BCUT2D eigenvalue weighted by atomic mass is 9.85. The summed E-state index contributed by atoms with van der Waals surface area (Å²) in [6.45, 7) is 10.9. The van der Waals surface area contributed by atoms with Crippen LogP contribution in [0.5, 0.6) is 0 Å². The molecule has 1 N–H and O–H groups in total. The van der Waals surface area contributed by atoms with Crippen LogP contribution in [-0.2, 0) is 0 Å². The van der Waals surface area contributed by atoms with Crippen LogP contribution in [0, 0.1) is 19.3 Å². The zero-order valence-electron chi connectivity index (χ0n) is 12.5. The molecule has 19 heavy (non-hydrogen) atoms. The molecule has 2 aromatic rings. The molecular weight excluding hydrogens is 302 g/mol. The number of halogens is 1. The molecule has 104 valence electrons. The van der Waals surface area contributed by atoms with E-state index in [1.54, 1.807) is 0 Å². The smallest absolute Gasteiger partial charge is 0.134 e. The molecule has 0 saturated heterocycles. The lowest BCUT2D eigenvalue weighted by Crippen LogP contribution is -2.29. The minimum Gasteiger partial charge on any atom is -0.459 e. The maximum atomic E-state index is 6.08. The Morgan fingerprint density at radius 1 is 1.21 bits per heavy atom. The van der Waals surface area contributed by atoms with Crippen LogP contribution in [0.25, 0.3) is 11.0 Å². The van der Waals surface area contributed by atoms with E-state index in [0.717, 1.165) is 11.3 Å². The number of furan rings is 1. The summed E-state index contributed by atoms with van der Waals surface area (Å²) >= 11 is 3.65. The monoisotopic (exact) mass is 323 g/mol. The van der Waals surface area contributed by atoms with Crippen LogP contribution >= 0.6 is 15.9 Å². The van der Waals surface area contributed by atoms with E-state index in [0.29, 0.717) is 0 Å². The number of benzene rings is 1. The van der Waals surface area contributed by atoms with E-state index in [4.69, 9.17) is 4.42 Å². The first-order valence-electron chi connectivity index (χ1n) is 6.62. The summed E-state index contributed by atoms with van der Waals surface area (Å²) in [5, 5.41) is 4.55. The molecule has 0 spiro atoms. The van der Waals surface area contributed by atoms with Gasteiger partial charge in [0.1, 0.15) is 11.3 Å². The van der Waals surface area contributed by atoms with Crippen molar-refractivity contribution in [2.24, 2.45) is 5.41 Å². The average Bonchev–Trinajstić information content (AvgIpc) is 2.68. The number of hydrogen-bond acceptors (Lipinski definition) is 2. The minimum absolute atomic E-state index is 0.114. The van der Waals surface area contributed by atoms with E-state index in [1.165, 1.54) is 21.0 Å². The van der Waals surface area contributed by atoms with E-state index in [1.807, 2.05) is 7.05 Å². The van der Waals surface area contributed by atoms with Crippen LogP contribution in [0.3, 0.4) is 0 Å². The van der Waals surface area contributed by atoms with Crippen LogP contribution in [0.2, 0.25) is 0 Å². The first-order valence-corrected chi connectivity index (χ1v) is 7.41. The number of nitrogens with one attached hydrogen (secondary N) is 1. The molecule has 1 atom stereocenters. The van der Waals surface area contributed by atoms with Gasteiger partial charge in [0, 0.05) is 9.86 Å². The normalized spacial score (nSPS) is 14.1. The topological polar surface area (TPSA) is 25.2 Å². The molecule has 0 aliphatic rings. The van der Waals surface area contributed by atoms with Crippen molar-refractivity contribution < 1.29 is 4.42 Å². The lowest BCUT2D eigenvalue weighted by molar-refractivity contribution is 0.253. The van der Waals surface area contributed by atoms with Gasteiger partial charge in [0.25, 0.3) is 0 Å². The first kappa shape index (κ1) is 14.6. The van der Waals surface area contributed by atoms with Gasteiger partial charge >= 0.3 is 0 Å². The Labute approximate surface area is 123 Å². The highest BCUT2D eigenvalue weighted by molar-refractivity contribution is 9.10. The van der Waals surface area contributed by atoms with Crippen molar-refractivity contribution in [1.82, 2.24) is 5.32 Å². The molecular formula is C16H22BrNO. The Balaban J connectivity index is 2.62. The van der Waals surface area contributed by atoms with Gasteiger partial charge in [-0.15, -0.1) is 0 Å². The summed E-state index contributed by atoms with van der Waals surface area (Å²) < 4.78 is 7.25. The van der Waals surface area contributed by atoms with E-state index in [9.17, 15) is 0 Å². The van der Waals surface area contributed by atoms with Crippen LogP contribution in [0.15, 0.2) is 21.0 Å². The van der Waals surface area contributed by atoms with Crippen molar-refractivity contribution in [2.75, 3.05) is 7.05 Å². The zero-order chi connectivity index (χ0) is 14.4. The molecule has 0 saturated carbocycles. The molecule has 1 aromatic heterocycles. The van der Waals surface area contributed by atoms with Gasteiger partial charge in [-0.25, -0.2) is 0 Å². The van der Waals surface area contributed by atoms with Gasteiger partial charge in [0.05, 0.1) is 6.04 Å². The van der Waals surface area contributed by atoms with Crippen molar-refractivity contribution in [3.8, 4) is 0 Å². The Bertz CT molecular complexity index is 607. The molecule has 2 nitrogen and oxygen atoms in total. The van der Waals surface area contributed by atoms with E-state index < -0.39 is 0 Å². The average molecular weight is 324 g/mol. The summed E-state index contributed by atoms with van der Waals surface area (Å²) in [5.74, 6) is 1.01. The third-order valence-corrected chi connectivity index (χ3v) is 4.87. The highest BCUT2D eigenvalue weighted by Gasteiger charge is 2.28. The highest BCUT2D eigenvalue weighted by Crippen LogP contribution is 2.38. The predicted octanol–water partition coefficient (Wildman–Crippen LogP) is 5.12. The van der Waals surface area contributed by atoms with Crippen molar-refractivity contribution in [2.45, 2.75) is 40.7 Å². The summed E-state index contributed by atoms with van der Waals surface area (Å²) in [5.41, 5.74) is 3.54. The quantitative estimate of drug-likeness (QED) is 0.829. The number of aryl methyl sites for hydroxylation is 2. The molecule has 0 aliphatic carbocycles. The highest BCUT2D eigenvalue weighted by atomic mass is 79.9. The molecule has 0 bridgehead atoms. The van der Waals surface area contributed by atoms with Crippen molar-refractivity contribution in [1.29, 1.82) is 0 Å². The fraction of sp³-hybridized carbons (Fsp3) is 0.500. The summed E-state index contributed by atoms with van der Waals surface area (Å²) in [6.07, 6.45) is 0. The molecule has 2 rings (SSSR count). The van der Waals surface area contributed by atoms with Crippen LogP contribution in [0.1, 0.15) is 43.7 Å². The predicted molar refractivity (Wildman–Crippen MR) is 84.6 cm³/mol. The summed E-state index contributed by atoms with van der Waals surface area (Å²) in [7, 11) is 1.98. The summed E-state index contributed by atoms with van der Waals surface area (Å²) in [4.78, 5) is 0. The third kappa shape index (κ3) is 2.59. The van der Waals surface area contributed by atoms with Gasteiger partial charge in [-0.05, 0) is 49.6 Å². The van der Waals surface area contributed by atoms with Gasteiger partial charge in [-0.1, -0.05) is 36.7 Å². The third-order valence-electron chi connectivity index (χ3n) is 3.65. The largest absolute Gasteiger partial charge is 0.459 e. The van der Waals surface area contributed by atoms with Gasteiger partial charge in [-0.3, -0.25) is 0 Å². The minimum atomic E-state index is 0.114. The fourth-order valence-corrected chi connectivity index (χ4v) is 2.97. The van der Waals surface area contributed by atoms with E-state index >= 15 is 0 Å². The second-order valence-electron chi connectivity index (χ2n) is 6.28. The standard InChI is InChI=1S/C16H22BrNO/c1-9-7-12-11(10(2)14(9)17)8-13(19-12)15(18-6)16(3,4)5/h7-8,15,18H,1-6H3.